The number of unbranched alkanes of at least 4 members (excludes halogenated alkanes) is 1. The first-order valence-corrected chi connectivity index (χ1v) is 7.31. The van der Waals surface area contributed by atoms with Crippen LogP contribution in [0.2, 0.25) is 0 Å². The SMILES string of the molecule is C[C@@H](CCCCNC(=O)OCc1ccccc1N=[N+]=[N-])C(=O)O. The number of carboxylic acid groups (broad SMARTS) is 1. The largest absolute Gasteiger partial charge is 0.481 e. The average Bonchev–Trinajstić information content (AvgIpc) is 2.53. The summed E-state index contributed by atoms with van der Waals surface area (Å²) >= 11 is 0. The smallest absolute Gasteiger partial charge is 0.407 e. The average molecular weight is 320 g/mol. The molecule has 1 aromatic carbocycles. The van der Waals surface area contributed by atoms with Crippen molar-refractivity contribution in [2.75, 3.05) is 6.54 Å². The van der Waals surface area contributed by atoms with E-state index in [2.05, 4.69) is 15.3 Å². The zero-order chi connectivity index (χ0) is 17.1. The molecule has 0 unspecified atom stereocenters. The lowest BCUT2D eigenvalue weighted by atomic mass is 10.0. The van der Waals surface area contributed by atoms with Gasteiger partial charge in [-0.2, -0.15) is 0 Å². The third kappa shape index (κ3) is 7.19. The molecule has 0 radical (unpaired) electrons. The van der Waals surface area contributed by atoms with Gasteiger partial charge in [0.05, 0.1) is 5.92 Å². The first kappa shape index (κ1) is 18.3. The molecular formula is C15H20N4O4. The van der Waals surface area contributed by atoms with Crippen LogP contribution in [-0.2, 0) is 16.1 Å². The summed E-state index contributed by atoms with van der Waals surface area (Å²) in [7, 11) is 0. The van der Waals surface area contributed by atoms with E-state index >= 15 is 0 Å². The minimum absolute atomic E-state index is 0.0110. The molecule has 0 aliphatic heterocycles. The van der Waals surface area contributed by atoms with Crippen LogP contribution in [0.15, 0.2) is 29.4 Å². The molecule has 0 aliphatic rings. The van der Waals surface area contributed by atoms with Gasteiger partial charge in [0.2, 0.25) is 0 Å². The van der Waals surface area contributed by atoms with Gasteiger partial charge in [-0.3, -0.25) is 4.79 Å². The number of hydrogen-bond donors (Lipinski definition) is 2. The monoisotopic (exact) mass is 320 g/mol. The van der Waals surface area contributed by atoms with Gasteiger partial charge in [-0.1, -0.05) is 42.7 Å². The van der Waals surface area contributed by atoms with Crippen LogP contribution in [0.4, 0.5) is 10.5 Å². The molecule has 124 valence electrons. The van der Waals surface area contributed by atoms with Gasteiger partial charge < -0.3 is 15.2 Å². The number of aliphatic carboxylic acids is 1. The zero-order valence-corrected chi connectivity index (χ0v) is 12.9. The first-order valence-electron chi connectivity index (χ1n) is 7.31. The Balaban J connectivity index is 2.25. The van der Waals surface area contributed by atoms with Gasteiger partial charge in [-0.25, -0.2) is 4.79 Å². The number of nitrogens with one attached hydrogen (secondary N) is 1. The van der Waals surface area contributed by atoms with E-state index in [0.717, 1.165) is 0 Å². The highest BCUT2D eigenvalue weighted by Crippen LogP contribution is 2.19. The predicted octanol–water partition coefficient (Wildman–Crippen LogP) is 3.75. The number of amides is 1. The van der Waals surface area contributed by atoms with Gasteiger partial charge in [-0.15, -0.1) is 0 Å². The second kappa shape index (κ2) is 10.1. The van der Waals surface area contributed by atoms with Crippen LogP contribution >= 0.6 is 0 Å². The van der Waals surface area contributed by atoms with Crippen molar-refractivity contribution < 1.29 is 19.4 Å². The Morgan fingerprint density at radius 2 is 2.13 bits per heavy atom. The Labute approximate surface area is 134 Å². The maximum atomic E-state index is 11.6. The summed E-state index contributed by atoms with van der Waals surface area (Å²) in [6.07, 6.45) is 1.41. The van der Waals surface area contributed by atoms with E-state index in [9.17, 15) is 9.59 Å². The fourth-order valence-electron chi connectivity index (χ4n) is 1.86. The predicted molar refractivity (Wildman–Crippen MR) is 84.1 cm³/mol. The fourth-order valence-corrected chi connectivity index (χ4v) is 1.86. The highest BCUT2D eigenvalue weighted by atomic mass is 16.5. The summed E-state index contributed by atoms with van der Waals surface area (Å²) in [5.41, 5.74) is 9.51. The van der Waals surface area contributed by atoms with E-state index in [1.54, 1.807) is 31.2 Å². The molecule has 1 atom stereocenters. The molecular weight excluding hydrogens is 300 g/mol. The number of carbonyl (C=O) groups is 2. The molecule has 0 bridgehead atoms. The van der Waals surface area contributed by atoms with Crippen LogP contribution < -0.4 is 5.32 Å². The van der Waals surface area contributed by atoms with Crippen LogP contribution in [0.25, 0.3) is 10.4 Å². The van der Waals surface area contributed by atoms with Gasteiger partial charge in [0.1, 0.15) is 6.61 Å². The molecule has 0 fully saturated rings. The molecule has 0 saturated heterocycles. The standard InChI is InChI=1S/C15H20N4O4/c1-11(14(20)21)6-4-5-9-17-15(22)23-10-12-7-2-3-8-13(12)18-19-16/h2-3,7-8,11H,4-6,9-10H2,1H3,(H,17,22)(H,20,21)/t11-/m0/s1. The van der Waals surface area contributed by atoms with E-state index in [1.165, 1.54) is 0 Å². The maximum absolute atomic E-state index is 11.6. The molecule has 0 aromatic heterocycles. The van der Waals surface area contributed by atoms with Crippen molar-refractivity contribution in [1.82, 2.24) is 5.32 Å². The van der Waals surface area contributed by atoms with Gasteiger partial charge in [0.25, 0.3) is 0 Å². The number of nitrogens with zero attached hydrogens (tertiary/aromatic N) is 3. The molecule has 0 aliphatic carbocycles. The summed E-state index contributed by atoms with van der Waals surface area (Å²) in [5, 5.41) is 14.9. The Kier molecular flexibility index (Phi) is 8.02. The summed E-state index contributed by atoms with van der Waals surface area (Å²) < 4.78 is 5.05. The van der Waals surface area contributed by atoms with Crippen LogP contribution in [0.1, 0.15) is 31.7 Å². The Morgan fingerprint density at radius 3 is 2.83 bits per heavy atom. The third-order valence-electron chi connectivity index (χ3n) is 3.26. The van der Waals surface area contributed by atoms with E-state index in [4.69, 9.17) is 15.4 Å². The van der Waals surface area contributed by atoms with E-state index in [-0.39, 0.29) is 12.5 Å². The maximum Gasteiger partial charge on any atom is 0.407 e. The number of benzene rings is 1. The molecule has 0 heterocycles. The number of azide groups is 1. The summed E-state index contributed by atoms with van der Waals surface area (Å²) in [5.74, 6) is -1.18. The van der Waals surface area contributed by atoms with E-state index in [0.29, 0.717) is 37.1 Å². The van der Waals surface area contributed by atoms with Crippen molar-refractivity contribution in [3.63, 3.8) is 0 Å². The highest BCUT2D eigenvalue weighted by Gasteiger charge is 2.10. The molecule has 23 heavy (non-hydrogen) atoms. The second-order valence-electron chi connectivity index (χ2n) is 5.06. The van der Waals surface area contributed by atoms with Gasteiger partial charge in [-0.05, 0) is 23.9 Å². The third-order valence-corrected chi connectivity index (χ3v) is 3.26. The highest BCUT2D eigenvalue weighted by molar-refractivity contribution is 5.69. The minimum atomic E-state index is -0.809. The second-order valence-corrected chi connectivity index (χ2v) is 5.06. The fraction of sp³-hybridized carbons (Fsp3) is 0.467. The first-order chi connectivity index (χ1) is 11.0. The normalized spacial score (nSPS) is 11.2. The van der Waals surface area contributed by atoms with Gasteiger partial charge in [0, 0.05) is 17.1 Å². The van der Waals surface area contributed by atoms with Gasteiger partial charge >= 0.3 is 12.1 Å². The lowest BCUT2D eigenvalue weighted by Crippen LogP contribution is -2.25. The lowest BCUT2D eigenvalue weighted by molar-refractivity contribution is -0.141. The number of rotatable bonds is 9. The number of ether oxygens (including phenoxy) is 1. The van der Waals surface area contributed by atoms with Crippen LogP contribution in [0.3, 0.4) is 0 Å². The zero-order valence-electron chi connectivity index (χ0n) is 12.9. The molecule has 0 spiro atoms. The topological polar surface area (TPSA) is 124 Å². The van der Waals surface area contributed by atoms with Crippen molar-refractivity contribution in [1.29, 1.82) is 0 Å². The number of carbonyl (C=O) groups excluding carboxylic acids is 1. The Hall–Kier alpha value is -2.73. The Morgan fingerprint density at radius 1 is 1.39 bits per heavy atom. The summed E-state index contributed by atoms with van der Waals surface area (Å²) in [4.78, 5) is 24.9. The number of carboxylic acids is 1. The van der Waals surface area contributed by atoms with Crippen LogP contribution in [-0.4, -0.2) is 23.7 Å². The van der Waals surface area contributed by atoms with E-state index < -0.39 is 12.1 Å². The Bertz CT molecular complexity index is 585. The van der Waals surface area contributed by atoms with Crippen molar-refractivity contribution in [2.45, 2.75) is 32.8 Å². The lowest BCUT2D eigenvalue weighted by Gasteiger charge is -2.09. The molecule has 0 saturated carbocycles. The van der Waals surface area contributed by atoms with Crippen molar-refractivity contribution in [3.05, 3.63) is 40.3 Å². The van der Waals surface area contributed by atoms with Crippen molar-refractivity contribution in [3.8, 4) is 0 Å². The summed E-state index contributed by atoms with van der Waals surface area (Å²) in [6.45, 7) is 2.09. The molecule has 1 aromatic rings. The quantitative estimate of drug-likeness (QED) is 0.311. The minimum Gasteiger partial charge on any atom is -0.481 e. The molecule has 1 rings (SSSR count). The van der Waals surface area contributed by atoms with Crippen molar-refractivity contribution >= 4 is 17.7 Å². The van der Waals surface area contributed by atoms with E-state index in [1.807, 2.05) is 0 Å². The molecule has 1 amide bonds. The summed E-state index contributed by atoms with van der Waals surface area (Å²) in [6, 6.07) is 6.84. The molecule has 2 N–H and O–H groups in total. The van der Waals surface area contributed by atoms with Crippen molar-refractivity contribution in [2.24, 2.45) is 11.0 Å². The number of alkyl carbamates (subject to hydrolysis) is 1. The number of hydrogen-bond acceptors (Lipinski definition) is 4. The molecule has 8 heteroatoms. The molecule has 8 nitrogen and oxygen atoms in total. The van der Waals surface area contributed by atoms with Crippen LogP contribution in [0, 0.1) is 5.92 Å². The van der Waals surface area contributed by atoms with Gasteiger partial charge in [0.15, 0.2) is 0 Å². The van der Waals surface area contributed by atoms with Crippen LogP contribution in [0.5, 0.6) is 0 Å².